The van der Waals surface area contributed by atoms with Gasteiger partial charge in [-0.05, 0) is 13.0 Å². The van der Waals surface area contributed by atoms with E-state index in [0.717, 1.165) is 5.69 Å². The zero-order chi connectivity index (χ0) is 16.9. The Bertz CT molecular complexity index is 700. The summed E-state index contributed by atoms with van der Waals surface area (Å²) in [7, 11) is 0. The molecular weight excluding hydrogens is 330 g/mol. The highest BCUT2D eigenvalue weighted by Crippen LogP contribution is 2.20. The number of rotatable bonds is 6. The quantitative estimate of drug-likeness (QED) is 0.829. The van der Waals surface area contributed by atoms with Crippen molar-refractivity contribution in [2.45, 2.75) is 19.5 Å². The number of carbonyl (C=O) groups is 2. The number of nitrogens with zero attached hydrogens (tertiary/aromatic N) is 4. The molecule has 1 aliphatic heterocycles. The Morgan fingerprint density at radius 2 is 2.38 bits per heavy atom. The first-order valence-electron chi connectivity index (χ1n) is 7.73. The molecule has 0 saturated heterocycles. The van der Waals surface area contributed by atoms with Crippen LogP contribution in [-0.4, -0.2) is 57.8 Å². The van der Waals surface area contributed by atoms with E-state index >= 15 is 0 Å². The highest BCUT2D eigenvalue weighted by atomic mass is 32.1. The van der Waals surface area contributed by atoms with Crippen LogP contribution in [0, 0.1) is 0 Å². The smallest absolute Gasteiger partial charge is 0.270 e. The maximum absolute atomic E-state index is 12.2. The molecule has 0 saturated carbocycles. The van der Waals surface area contributed by atoms with Gasteiger partial charge in [0.25, 0.3) is 5.91 Å². The molecule has 0 spiro atoms. The first-order valence-corrected chi connectivity index (χ1v) is 8.67. The van der Waals surface area contributed by atoms with Gasteiger partial charge in [-0.3, -0.25) is 14.3 Å². The molecule has 24 heavy (non-hydrogen) atoms. The van der Waals surface area contributed by atoms with Gasteiger partial charge in [0.2, 0.25) is 5.91 Å². The van der Waals surface area contributed by atoms with Gasteiger partial charge in [-0.25, -0.2) is 4.98 Å². The van der Waals surface area contributed by atoms with E-state index in [-0.39, 0.29) is 24.5 Å². The molecule has 2 aromatic heterocycles. The third-order valence-electron chi connectivity index (χ3n) is 3.83. The summed E-state index contributed by atoms with van der Waals surface area (Å²) in [4.78, 5) is 30.0. The first kappa shape index (κ1) is 16.6. The Kier molecular flexibility index (Phi) is 5.21. The SMILES string of the molecule is CCOCC(=O)N1Cc2ccnn2C(CNC(=O)c2cscn2)C1. The summed E-state index contributed by atoms with van der Waals surface area (Å²) < 4.78 is 7.08. The number of amides is 2. The molecule has 0 aliphatic carbocycles. The van der Waals surface area contributed by atoms with Crippen LogP contribution in [0.1, 0.15) is 29.1 Å². The minimum Gasteiger partial charge on any atom is -0.372 e. The molecule has 0 radical (unpaired) electrons. The van der Waals surface area contributed by atoms with Gasteiger partial charge in [0.15, 0.2) is 0 Å². The van der Waals surface area contributed by atoms with Gasteiger partial charge in [0, 0.05) is 31.3 Å². The Labute approximate surface area is 143 Å². The second-order valence-electron chi connectivity index (χ2n) is 5.42. The molecule has 3 heterocycles. The van der Waals surface area contributed by atoms with Gasteiger partial charge >= 0.3 is 0 Å². The van der Waals surface area contributed by atoms with Crippen molar-refractivity contribution in [1.82, 2.24) is 25.0 Å². The zero-order valence-corrected chi connectivity index (χ0v) is 14.2. The molecule has 0 fully saturated rings. The van der Waals surface area contributed by atoms with E-state index in [4.69, 9.17) is 4.74 Å². The molecule has 8 nitrogen and oxygen atoms in total. The van der Waals surface area contributed by atoms with Crippen LogP contribution in [0.4, 0.5) is 0 Å². The van der Waals surface area contributed by atoms with Gasteiger partial charge < -0.3 is 15.0 Å². The Morgan fingerprint density at radius 3 is 3.12 bits per heavy atom. The summed E-state index contributed by atoms with van der Waals surface area (Å²) in [5, 5.41) is 8.88. The lowest BCUT2D eigenvalue weighted by molar-refractivity contribution is -0.138. The van der Waals surface area contributed by atoms with Crippen LogP contribution in [0.3, 0.4) is 0 Å². The highest BCUT2D eigenvalue weighted by molar-refractivity contribution is 7.07. The van der Waals surface area contributed by atoms with Crippen molar-refractivity contribution in [3.05, 3.63) is 34.5 Å². The van der Waals surface area contributed by atoms with E-state index in [1.54, 1.807) is 22.0 Å². The van der Waals surface area contributed by atoms with Crippen molar-refractivity contribution in [2.75, 3.05) is 26.3 Å². The molecule has 3 rings (SSSR count). The summed E-state index contributed by atoms with van der Waals surface area (Å²) in [6, 6.07) is 1.77. The van der Waals surface area contributed by atoms with E-state index < -0.39 is 0 Å². The maximum Gasteiger partial charge on any atom is 0.270 e. The van der Waals surface area contributed by atoms with Crippen LogP contribution < -0.4 is 5.32 Å². The lowest BCUT2D eigenvalue weighted by atomic mass is 10.2. The fraction of sp³-hybridized carbons (Fsp3) is 0.467. The number of aromatic nitrogens is 3. The average molecular weight is 349 g/mol. The van der Waals surface area contributed by atoms with Crippen molar-refractivity contribution in [2.24, 2.45) is 0 Å². The van der Waals surface area contributed by atoms with Crippen molar-refractivity contribution in [1.29, 1.82) is 0 Å². The molecular formula is C15H19N5O3S. The second kappa shape index (κ2) is 7.54. The molecule has 2 aromatic rings. The predicted molar refractivity (Wildman–Crippen MR) is 87.6 cm³/mol. The summed E-state index contributed by atoms with van der Waals surface area (Å²) in [6.07, 6.45) is 1.71. The first-order chi connectivity index (χ1) is 11.7. The molecule has 1 atom stereocenters. The van der Waals surface area contributed by atoms with Crippen LogP contribution in [0.25, 0.3) is 0 Å². The number of fused-ring (bicyclic) bond motifs is 1. The van der Waals surface area contributed by atoms with E-state index in [0.29, 0.717) is 31.9 Å². The van der Waals surface area contributed by atoms with Gasteiger partial charge in [-0.15, -0.1) is 11.3 Å². The minimum absolute atomic E-state index is 0.0554. The summed E-state index contributed by atoms with van der Waals surface area (Å²) in [5.74, 6) is -0.275. The lowest BCUT2D eigenvalue weighted by Crippen LogP contribution is -2.46. The van der Waals surface area contributed by atoms with Crippen LogP contribution in [0.5, 0.6) is 0 Å². The number of carbonyl (C=O) groups excluding carboxylic acids is 2. The third kappa shape index (κ3) is 3.62. The highest BCUT2D eigenvalue weighted by Gasteiger charge is 2.28. The molecule has 0 bridgehead atoms. The topological polar surface area (TPSA) is 89.4 Å². The summed E-state index contributed by atoms with van der Waals surface area (Å²) >= 11 is 1.37. The van der Waals surface area contributed by atoms with Crippen LogP contribution in [-0.2, 0) is 16.1 Å². The normalized spacial score (nSPS) is 16.7. The van der Waals surface area contributed by atoms with E-state index in [1.807, 2.05) is 17.7 Å². The number of ether oxygens (including phenoxy) is 1. The van der Waals surface area contributed by atoms with Crippen molar-refractivity contribution < 1.29 is 14.3 Å². The number of hydrogen-bond donors (Lipinski definition) is 1. The summed E-state index contributed by atoms with van der Waals surface area (Å²) in [5.41, 5.74) is 2.97. The lowest BCUT2D eigenvalue weighted by Gasteiger charge is -2.34. The molecule has 1 unspecified atom stereocenters. The van der Waals surface area contributed by atoms with Gasteiger partial charge in [-0.1, -0.05) is 0 Å². The van der Waals surface area contributed by atoms with E-state index in [1.165, 1.54) is 11.3 Å². The van der Waals surface area contributed by atoms with Crippen molar-refractivity contribution in [3.8, 4) is 0 Å². The van der Waals surface area contributed by atoms with E-state index in [2.05, 4.69) is 15.4 Å². The molecule has 1 aliphatic rings. The Morgan fingerprint density at radius 1 is 1.50 bits per heavy atom. The van der Waals surface area contributed by atoms with Crippen LogP contribution in [0.15, 0.2) is 23.2 Å². The number of hydrogen-bond acceptors (Lipinski definition) is 6. The Balaban J connectivity index is 1.65. The monoisotopic (exact) mass is 349 g/mol. The van der Waals surface area contributed by atoms with Crippen molar-refractivity contribution >= 4 is 23.2 Å². The summed E-state index contributed by atoms with van der Waals surface area (Å²) in [6.45, 7) is 3.80. The molecule has 128 valence electrons. The average Bonchev–Trinajstić information content (AvgIpc) is 3.27. The minimum atomic E-state index is -0.220. The largest absolute Gasteiger partial charge is 0.372 e. The Hall–Kier alpha value is -2.26. The zero-order valence-electron chi connectivity index (χ0n) is 13.3. The van der Waals surface area contributed by atoms with Gasteiger partial charge in [0.05, 0.1) is 23.8 Å². The molecule has 0 aromatic carbocycles. The molecule has 1 N–H and O–H groups in total. The second-order valence-corrected chi connectivity index (χ2v) is 6.13. The fourth-order valence-electron chi connectivity index (χ4n) is 2.63. The number of nitrogens with one attached hydrogen (secondary N) is 1. The maximum atomic E-state index is 12.2. The van der Waals surface area contributed by atoms with Gasteiger partial charge in [-0.2, -0.15) is 5.10 Å². The number of thiazole rings is 1. The molecule has 2 amide bonds. The van der Waals surface area contributed by atoms with Gasteiger partial charge in [0.1, 0.15) is 12.3 Å². The van der Waals surface area contributed by atoms with E-state index in [9.17, 15) is 9.59 Å². The third-order valence-corrected chi connectivity index (χ3v) is 4.41. The van der Waals surface area contributed by atoms with Crippen LogP contribution in [0.2, 0.25) is 0 Å². The standard InChI is InChI=1S/C15H19N5O3S/c1-2-23-8-14(21)19-6-11-3-4-18-20(11)12(7-19)5-16-15(22)13-9-24-10-17-13/h3-4,9-10,12H,2,5-8H2,1H3,(H,16,22). The predicted octanol–water partition coefficient (Wildman–Crippen LogP) is 0.689. The fourth-order valence-corrected chi connectivity index (χ4v) is 3.17. The molecule has 9 heteroatoms. The van der Waals surface area contributed by atoms with Crippen molar-refractivity contribution in [3.63, 3.8) is 0 Å². The van der Waals surface area contributed by atoms with Crippen LogP contribution >= 0.6 is 11.3 Å².